The number of amides is 2. The molecule has 1 aromatic heterocycles. The minimum Gasteiger partial charge on any atom is -0.402 e. The van der Waals surface area contributed by atoms with Crippen molar-refractivity contribution >= 4 is 57.7 Å². The van der Waals surface area contributed by atoms with Crippen LogP contribution in [0.25, 0.3) is 10.9 Å². The fourth-order valence-electron chi connectivity index (χ4n) is 10.8. The number of hydrogen-bond acceptors (Lipinski definition) is 9. The van der Waals surface area contributed by atoms with Crippen LogP contribution in [0.4, 0.5) is 20.2 Å². The molecule has 0 spiro atoms. The quantitative estimate of drug-likeness (QED) is 0.0952. The summed E-state index contributed by atoms with van der Waals surface area (Å²) in [7, 11) is 0. The van der Waals surface area contributed by atoms with Gasteiger partial charge in [0.15, 0.2) is 5.82 Å². The Morgan fingerprint density at radius 3 is 2.27 bits per heavy atom. The van der Waals surface area contributed by atoms with E-state index in [4.69, 9.17) is 20.3 Å². The average molecular weight is 958 g/mol. The molecule has 4 aromatic rings. The summed E-state index contributed by atoms with van der Waals surface area (Å²) in [5, 5.41) is 5.23. The fraction of sp³-hybridized carbons (Fsp3) is 0.464. The van der Waals surface area contributed by atoms with Crippen LogP contribution in [0.2, 0.25) is 0 Å². The van der Waals surface area contributed by atoms with Crippen LogP contribution in [-0.2, 0) is 24.7 Å². The Morgan fingerprint density at radius 1 is 0.986 bits per heavy atom. The summed E-state index contributed by atoms with van der Waals surface area (Å²) in [6, 6.07) is 15.1. The van der Waals surface area contributed by atoms with Gasteiger partial charge in [0, 0.05) is 79.3 Å². The molecule has 372 valence electrons. The molecule has 4 aliphatic rings. The average Bonchev–Trinajstić information content (AvgIpc) is 3.58. The second kappa shape index (κ2) is 20.2. The molecule has 4 heterocycles. The molecule has 2 fully saturated rings. The van der Waals surface area contributed by atoms with E-state index in [9.17, 15) is 23.2 Å². The molecule has 3 aromatic carbocycles. The maximum Gasteiger partial charge on any atom is 0.331 e. The Morgan fingerprint density at radius 2 is 1.67 bits per heavy atom. The highest BCUT2D eigenvalue weighted by atomic mass is 19.1. The highest BCUT2D eigenvalue weighted by Gasteiger charge is 2.58. The van der Waals surface area contributed by atoms with Gasteiger partial charge in [0.2, 0.25) is 5.91 Å². The van der Waals surface area contributed by atoms with E-state index < -0.39 is 11.5 Å². The first-order valence-electron chi connectivity index (χ1n) is 24.4. The SMILES string of the molecule is C/C=C\N(C(C)=O)c1ccc2c(c1F)C=NC2C(C)C.CC(=O)O/N=C(\C)[C@]1(n2c(C(=O)N3CCC(N)=C(C(C)=Nc4cc(C)c(F)c(C)c4)[C@@H]3C)cc3cc(C4CCOC(C)(C)C4)ccc32)C[C@@H]1C. The van der Waals surface area contributed by atoms with Crippen LogP contribution >= 0.6 is 0 Å². The highest BCUT2D eigenvalue weighted by molar-refractivity contribution is 6.06. The number of fused-ring (bicyclic) bond motifs is 2. The number of aryl methyl sites for hydroxylation is 2. The van der Waals surface area contributed by atoms with Gasteiger partial charge in [0.1, 0.15) is 11.5 Å². The molecule has 1 saturated heterocycles. The molecule has 8 rings (SSSR count). The Labute approximate surface area is 411 Å². The summed E-state index contributed by atoms with van der Waals surface area (Å²) < 4.78 is 37.1. The van der Waals surface area contributed by atoms with E-state index in [2.05, 4.69) is 67.5 Å². The molecule has 3 aliphatic heterocycles. The summed E-state index contributed by atoms with van der Waals surface area (Å²) in [5.41, 5.74) is 14.7. The van der Waals surface area contributed by atoms with Gasteiger partial charge in [-0.3, -0.25) is 24.5 Å². The number of carbonyl (C=O) groups excluding carboxylic acids is 3. The van der Waals surface area contributed by atoms with E-state index in [1.165, 1.54) is 24.3 Å². The van der Waals surface area contributed by atoms with Crippen LogP contribution in [0.3, 0.4) is 0 Å². The number of benzene rings is 3. The van der Waals surface area contributed by atoms with Crippen LogP contribution in [0, 0.1) is 37.3 Å². The van der Waals surface area contributed by atoms with Crippen molar-refractivity contribution in [2.75, 3.05) is 18.1 Å². The van der Waals surface area contributed by atoms with Gasteiger partial charge in [0.05, 0.1) is 40.3 Å². The molecule has 5 atom stereocenters. The van der Waals surface area contributed by atoms with Gasteiger partial charge in [-0.05, 0) is 151 Å². The zero-order chi connectivity index (χ0) is 51.1. The number of oxime groups is 1. The topological polar surface area (TPSA) is 144 Å². The van der Waals surface area contributed by atoms with E-state index in [1.54, 1.807) is 57.5 Å². The number of anilines is 1. The summed E-state index contributed by atoms with van der Waals surface area (Å²) in [6.07, 6.45) is 7.96. The summed E-state index contributed by atoms with van der Waals surface area (Å²) in [5.74, 6) is -0.641. The van der Waals surface area contributed by atoms with E-state index in [0.29, 0.717) is 76.6 Å². The van der Waals surface area contributed by atoms with Crippen LogP contribution in [0.5, 0.6) is 0 Å². The molecule has 1 saturated carbocycles. The van der Waals surface area contributed by atoms with Crippen LogP contribution in [0.1, 0.15) is 152 Å². The Kier molecular flexibility index (Phi) is 14.9. The summed E-state index contributed by atoms with van der Waals surface area (Å²) >= 11 is 0. The van der Waals surface area contributed by atoms with Crippen molar-refractivity contribution in [3.63, 3.8) is 0 Å². The summed E-state index contributed by atoms with van der Waals surface area (Å²) in [6.45, 7) is 25.4. The van der Waals surface area contributed by atoms with E-state index in [0.717, 1.165) is 41.3 Å². The number of aliphatic imine (C=N–C) groups is 2. The number of nitrogens with zero attached hydrogens (tertiary/aromatic N) is 6. The lowest BCUT2D eigenvalue weighted by Gasteiger charge is -2.37. The van der Waals surface area contributed by atoms with Crippen molar-refractivity contribution in [1.29, 1.82) is 0 Å². The Bertz CT molecular complexity index is 2870. The normalized spacial score (nSPS) is 23.2. The predicted octanol–water partition coefficient (Wildman–Crippen LogP) is 11.8. The lowest BCUT2D eigenvalue weighted by Crippen LogP contribution is -2.47. The third-order valence-electron chi connectivity index (χ3n) is 14.4. The van der Waals surface area contributed by atoms with E-state index in [-0.39, 0.29) is 52.7 Å². The van der Waals surface area contributed by atoms with Crippen molar-refractivity contribution in [3.8, 4) is 0 Å². The minimum absolute atomic E-state index is 0.000968. The van der Waals surface area contributed by atoms with E-state index >= 15 is 0 Å². The summed E-state index contributed by atoms with van der Waals surface area (Å²) in [4.78, 5) is 55.8. The number of rotatable bonds is 10. The zero-order valence-corrected chi connectivity index (χ0v) is 43.0. The molecule has 0 bridgehead atoms. The first-order valence-corrected chi connectivity index (χ1v) is 24.4. The van der Waals surface area contributed by atoms with Crippen molar-refractivity contribution in [2.24, 2.45) is 32.7 Å². The lowest BCUT2D eigenvalue weighted by molar-refractivity contribution is -0.141. The molecule has 0 radical (unpaired) electrons. The van der Waals surface area contributed by atoms with Crippen LogP contribution in [0.15, 0.2) is 87.2 Å². The van der Waals surface area contributed by atoms with Gasteiger partial charge in [-0.2, -0.15) is 0 Å². The predicted molar refractivity (Wildman–Crippen MR) is 275 cm³/mol. The first-order chi connectivity index (χ1) is 33.0. The van der Waals surface area contributed by atoms with Crippen molar-refractivity contribution in [3.05, 3.63) is 117 Å². The van der Waals surface area contributed by atoms with Gasteiger partial charge in [-0.1, -0.05) is 44.1 Å². The maximum atomic E-state index is 14.9. The van der Waals surface area contributed by atoms with Gasteiger partial charge < -0.3 is 24.8 Å². The number of nitrogens with two attached hydrogens (primary N) is 1. The van der Waals surface area contributed by atoms with Crippen molar-refractivity contribution in [2.45, 2.75) is 145 Å². The molecule has 2 unspecified atom stereocenters. The standard InChI is InChI=1S/C40H50FN5O4.C16H19FN2O/c1-22-16-32(17-23(2)37(22)41)43-25(4)36-26(5)45(14-12-33(36)42)38(48)35-19-31-18-29(30-13-15-49-39(8,9)21-30)10-11-34(31)46(35)40(20-24(40)3)27(6)44-50-28(7)47;1-5-8-19(11(4)20)14-7-6-12-13(15(14)17)9-18-16(12)10(2)3/h10-11,16-19,24,26,30H,12-15,20-21,42H2,1-9H3;5-10,16H,1-4H3/b43-25?,44-27+;8-5-/t24-,26-,30?,40-;/m0./s1. The highest BCUT2D eigenvalue weighted by Crippen LogP contribution is 2.54. The number of hydrogen-bond donors (Lipinski definition) is 1. The fourth-order valence-corrected chi connectivity index (χ4v) is 10.8. The largest absolute Gasteiger partial charge is 0.402 e. The molecule has 2 N–H and O–H groups in total. The Balaban J connectivity index is 0.000000301. The van der Waals surface area contributed by atoms with E-state index in [1.807, 2.05) is 37.8 Å². The molecule has 2 amide bonds. The number of ether oxygens (including phenoxy) is 1. The monoisotopic (exact) mass is 958 g/mol. The molecule has 14 heteroatoms. The molecular weight excluding hydrogens is 889 g/mol. The Hall–Kier alpha value is -6.28. The lowest BCUT2D eigenvalue weighted by atomic mass is 9.83. The second-order valence-electron chi connectivity index (χ2n) is 20.5. The molecule has 12 nitrogen and oxygen atoms in total. The van der Waals surface area contributed by atoms with Gasteiger partial charge in [0.25, 0.3) is 5.91 Å². The van der Waals surface area contributed by atoms with Gasteiger partial charge in [-0.15, -0.1) is 0 Å². The third-order valence-corrected chi connectivity index (χ3v) is 14.4. The second-order valence-corrected chi connectivity index (χ2v) is 20.5. The molecule has 1 aliphatic carbocycles. The zero-order valence-electron chi connectivity index (χ0n) is 43.0. The maximum absolute atomic E-state index is 14.9. The van der Waals surface area contributed by atoms with Crippen molar-refractivity contribution < 1.29 is 32.7 Å². The molecule has 70 heavy (non-hydrogen) atoms. The van der Waals surface area contributed by atoms with Crippen molar-refractivity contribution in [1.82, 2.24) is 9.47 Å². The number of halogens is 2. The molecular formula is C56H69F2N7O5. The minimum atomic E-state index is -0.628. The van der Waals surface area contributed by atoms with Gasteiger partial charge >= 0.3 is 5.97 Å². The first kappa shape index (κ1) is 51.6. The van der Waals surface area contributed by atoms with Crippen LogP contribution < -0.4 is 10.6 Å². The van der Waals surface area contributed by atoms with Crippen LogP contribution in [-0.4, -0.2) is 69.7 Å². The number of allylic oxidation sites excluding steroid dienone is 1. The number of aromatic nitrogens is 1. The van der Waals surface area contributed by atoms with Gasteiger partial charge in [-0.25, -0.2) is 13.6 Å². The third kappa shape index (κ3) is 10.0. The smallest absolute Gasteiger partial charge is 0.331 e. The number of carbonyl (C=O) groups is 3.